The largest absolute Gasteiger partial charge is 0.314 e. The Morgan fingerprint density at radius 3 is 2.74 bits per heavy atom. The van der Waals surface area contributed by atoms with Gasteiger partial charge in [0.25, 0.3) is 0 Å². The quantitative estimate of drug-likeness (QED) is 0.742. The van der Waals surface area contributed by atoms with Gasteiger partial charge >= 0.3 is 0 Å². The van der Waals surface area contributed by atoms with Gasteiger partial charge < -0.3 is 5.32 Å². The highest BCUT2D eigenvalue weighted by Gasteiger charge is 2.20. The second-order valence-corrected chi connectivity index (χ2v) is 7.33. The second-order valence-electron chi connectivity index (χ2n) is 4.63. The van der Waals surface area contributed by atoms with E-state index in [-0.39, 0.29) is 11.4 Å². The Bertz CT molecular complexity index is 547. The molecule has 4 nitrogen and oxygen atoms in total. The second kappa shape index (κ2) is 6.19. The fourth-order valence-corrected chi connectivity index (χ4v) is 3.01. The maximum Gasteiger partial charge on any atom is 0.232 e. The van der Waals surface area contributed by atoms with Crippen molar-refractivity contribution in [1.82, 2.24) is 5.32 Å². The molecule has 0 radical (unpaired) electrons. The van der Waals surface area contributed by atoms with Crippen LogP contribution in [0.2, 0.25) is 0 Å². The molecule has 1 aromatic carbocycles. The average Bonchev–Trinajstić information content (AvgIpc) is 3.13. The number of anilines is 1. The van der Waals surface area contributed by atoms with Gasteiger partial charge in [0.1, 0.15) is 5.82 Å². The van der Waals surface area contributed by atoms with Crippen molar-refractivity contribution in [2.45, 2.75) is 25.3 Å². The zero-order valence-corrected chi connectivity index (χ0v) is 12.7. The van der Waals surface area contributed by atoms with Gasteiger partial charge in [-0.05, 0) is 59.9 Å². The van der Waals surface area contributed by atoms with E-state index in [0.29, 0.717) is 23.5 Å². The molecule has 0 aliphatic heterocycles. The van der Waals surface area contributed by atoms with E-state index in [1.807, 2.05) is 0 Å². The molecule has 1 aromatic rings. The van der Waals surface area contributed by atoms with E-state index in [2.05, 4.69) is 26.0 Å². The fraction of sp³-hybridized carbons (Fsp3) is 0.500. The van der Waals surface area contributed by atoms with Crippen LogP contribution in [-0.2, 0) is 10.0 Å². The van der Waals surface area contributed by atoms with E-state index in [1.54, 1.807) is 0 Å². The molecule has 2 rings (SSSR count). The summed E-state index contributed by atoms with van der Waals surface area (Å²) in [5.74, 6) is -0.458. The summed E-state index contributed by atoms with van der Waals surface area (Å²) < 4.78 is 39.5. The summed E-state index contributed by atoms with van der Waals surface area (Å²) in [6.45, 7) is 0.695. The Kier molecular flexibility index (Phi) is 4.81. The van der Waals surface area contributed by atoms with Gasteiger partial charge in [-0.2, -0.15) is 0 Å². The topological polar surface area (TPSA) is 58.2 Å². The van der Waals surface area contributed by atoms with Gasteiger partial charge in [-0.15, -0.1) is 0 Å². The number of sulfonamides is 1. The van der Waals surface area contributed by atoms with Crippen molar-refractivity contribution in [2.24, 2.45) is 0 Å². The molecule has 19 heavy (non-hydrogen) atoms. The lowest BCUT2D eigenvalue weighted by molar-refractivity contribution is 0.593. The van der Waals surface area contributed by atoms with Crippen molar-refractivity contribution in [3.63, 3.8) is 0 Å². The summed E-state index contributed by atoms with van der Waals surface area (Å²) >= 11 is 3.02. The van der Waals surface area contributed by atoms with Crippen molar-refractivity contribution < 1.29 is 12.8 Å². The first-order chi connectivity index (χ1) is 8.96. The number of rotatable bonds is 7. The molecule has 0 bridgehead atoms. The maximum absolute atomic E-state index is 13.3. The van der Waals surface area contributed by atoms with Gasteiger partial charge in [0.15, 0.2) is 0 Å². The van der Waals surface area contributed by atoms with Crippen molar-refractivity contribution in [1.29, 1.82) is 0 Å². The van der Waals surface area contributed by atoms with Gasteiger partial charge in [-0.1, -0.05) is 0 Å². The van der Waals surface area contributed by atoms with E-state index < -0.39 is 15.8 Å². The fourth-order valence-electron chi connectivity index (χ4n) is 1.65. The molecule has 0 saturated heterocycles. The number of nitrogens with one attached hydrogen (secondary N) is 2. The van der Waals surface area contributed by atoms with Gasteiger partial charge in [0, 0.05) is 6.04 Å². The molecule has 0 spiro atoms. The van der Waals surface area contributed by atoms with E-state index in [0.717, 1.165) is 6.07 Å². The lowest BCUT2D eigenvalue weighted by Crippen LogP contribution is -2.23. The first kappa shape index (κ1) is 14.7. The lowest BCUT2D eigenvalue weighted by atomic mass is 10.3. The highest BCUT2D eigenvalue weighted by molar-refractivity contribution is 9.10. The SMILES string of the molecule is O=S(=O)(CCCNC1CC1)Nc1ccc(Br)c(F)c1. The Morgan fingerprint density at radius 1 is 1.37 bits per heavy atom. The molecule has 0 aromatic heterocycles. The van der Waals surface area contributed by atoms with Gasteiger partial charge in [-0.25, -0.2) is 12.8 Å². The minimum Gasteiger partial charge on any atom is -0.314 e. The monoisotopic (exact) mass is 350 g/mol. The zero-order chi connectivity index (χ0) is 13.9. The van der Waals surface area contributed by atoms with E-state index >= 15 is 0 Å². The van der Waals surface area contributed by atoms with Crippen molar-refractivity contribution in [2.75, 3.05) is 17.0 Å². The molecule has 0 unspecified atom stereocenters. The third-order valence-corrected chi connectivity index (χ3v) is 4.81. The summed E-state index contributed by atoms with van der Waals surface area (Å²) in [6.07, 6.45) is 2.91. The van der Waals surface area contributed by atoms with Crippen LogP contribution in [0.5, 0.6) is 0 Å². The average molecular weight is 351 g/mol. The minimum absolute atomic E-state index is 0.0321. The van der Waals surface area contributed by atoms with Crippen LogP contribution in [-0.4, -0.2) is 26.8 Å². The molecule has 0 heterocycles. The molecule has 2 N–H and O–H groups in total. The Hall–Kier alpha value is -0.660. The van der Waals surface area contributed by atoms with Crippen LogP contribution in [0.4, 0.5) is 10.1 Å². The molecule has 0 amide bonds. The summed E-state index contributed by atoms with van der Waals surface area (Å²) in [5, 5.41) is 3.25. The van der Waals surface area contributed by atoms with Crippen molar-refractivity contribution in [3.05, 3.63) is 28.5 Å². The van der Waals surface area contributed by atoms with E-state index in [1.165, 1.54) is 25.0 Å². The molecule has 0 atom stereocenters. The molecule has 1 saturated carbocycles. The normalized spacial score (nSPS) is 15.5. The minimum atomic E-state index is -3.41. The van der Waals surface area contributed by atoms with Gasteiger partial charge in [0.2, 0.25) is 10.0 Å². The zero-order valence-electron chi connectivity index (χ0n) is 10.3. The number of halogens is 2. The Balaban J connectivity index is 1.82. The van der Waals surface area contributed by atoms with Gasteiger partial charge in [0.05, 0.1) is 15.9 Å². The summed E-state index contributed by atoms with van der Waals surface area (Å²) in [5.41, 5.74) is 0.246. The van der Waals surface area contributed by atoms with Crippen LogP contribution >= 0.6 is 15.9 Å². The molecular formula is C12H16BrFN2O2S. The Labute approximate surface area is 121 Å². The summed E-state index contributed by atoms with van der Waals surface area (Å²) in [4.78, 5) is 0. The smallest absolute Gasteiger partial charge is 0.232 e. The van der Waals surface area contributed by atoms with Crippen LogP contribution in [0.1, 0.15) is 19.3 Å². The molecule has 1 aliphatic rings. The van der Waals surface area contributed by atoms with Crippen molar-refractivity contribution >= 4 is 31.6 Å². The standard InChI is InChI=1S/C12H16BrFN2O2S/c13-11-5-4-10(8-12(11)14)16-19(17,18)7-1-6-15-9-2-3-9/h4-5,8-9,15-16H,1-3,6-7H2. The van der Waals surface area contributed by atoms with E-state index in [9.17, 15) is 12.8 Å². The third kappa shape index (κ3) is 5.08. The Morgan fingerprint density at radius 2 is 2.11 bits per heavy atom. The maximum atomic E-state index is 13.3. The van der Waals surface area contributed by atoms with Crippen LogP contribution < -0.4 is 10.0 Å². The van der Waals surface area contributed by atoms with Crippen molar-refractivity contribution in [3.8, 4) is 0 Å². The highest BCUT2D eigenvalue weighted by Crippen LogP contribution is 2.20. The molecular weight excluding hydrogens is 335 g/mol. The van der Waals surface area contributed by atoms with Gasteiger partial charge in [-0.3, -0.25) is 4.72 Å². The number of hydrogen-bond donors (Lipinski definition) is 2. The summed E-state index contributed by atoms with van der Waals surface area (Å²) in [6, 6.07) is 4.73. The summed E-state index contributed by atoms with van der Waals surface area (Å²) in [7, 11) is -3.41. The van der Waals surface area contributed by atoms with Crippen LogP contribution in [0.25, 0.3) is 0 Å². The van der Waals surface area contributed by atoms with Crippen LogP contribution in [0.3, 0.4) is 0 Å². The number of hydrogen-bond acceptors (Lipinski definition) is 3. The van der Waals surface area contributed by atoms with Crippen LogP contribution in [0.15, 0.2) is 22.7 Å². The molecule has 106 valence electrons. The first-order valence-corrected chi connectivity index (χ1v) is 8.60. The number of benzene rings is 1. The van der Waals surface area contributed by atoms with E-state index in [4.69, 9.17) is 0 Å². The lowest BCUT2D eigenvalue weighted by Gasteiger charge is -2.08. The molecule has 1 fully saturated rings. The molecule has 7 heteroatoms. The third-order valence-electron chi connectivity index (χ3n) is 2.79. The highest BCUT2D eigenvalue weighted by atomic mass is 79.9. The predicted octanol–water partition coefficient (Wildman–Crippen LogP) is 2.47. The first-order valence-electron chi connectivity index (χ1n) is 6.15. The molecule has 1 aliphatic carbocycles. The van der Waals surface area contributed by atoms with Crippen LogP contribution in [0, 0.1) is 5.82 Å². The predicted molar refractivity (Wildman–Crippen MR) is 77.2 cm³/mol.